The standard InChI is InChI=1S/C20H19NO6/c1-3-26-20-15(18(23)14-8-11(2)4-7-17(14)27-20)10-21-12-5-6-13(19(24)25)16(22)9-12/h4-10,20-22H,3H2,1-2H3,(H,24,25). The van der Waals surface area contributed by atoms with Crippen molar-refractivity contribution in [3.63, 3.8) is 0 Å². The van der Waals surface area contributed by atoms with Gasteiger partial charge in [-0.15, -0.1) is 0 Å². The number of carboxylic acid groups (broad SMARTS) is 1. The van der Waals surface area contributed by atoms with E-state index in [1.807, 2.05) is 13.0 Å². The number of aromatic carboxylic acids is 1. The molecule has 0 bridgehead atoms. The van der Waals surface area contributed by atoms with E-state index in [0.29, 0.717) is 23.6 Å². The summed E-state index contributed by atoms with van der Waals surface area (Å²) in [5.74, 6) is -1.36. The highest BCUT2D eigenvalue weighted by atomic mass is 16.7. The van der Waals surface area contributed by atoms with Gasteiger partial charge in [-0.3, -0.25) is 4.79 Å². The van der Waals surface area contributed by atoms with Gasteiger partial charge in [0, 0.05) is 24.6 Å². The number of rotatable bonds is 5. The molecule has 0 saturated heterocycles. The zero-order chi connectivity index (χ0) is 19.6. The van der Waals surface area contributed by atoms with Crippen LogP contribution in [0.3, 0.4) is 0 Å². The molecule has 0 radical (unpaired) electrons. The number of aryl methyl sites for hydroxylation is 1. The lowest BCUT2D eigenvalue weighted by Crippen LogP contribution is -2.33. The SMILES string of the molecule is CCOC1Oc2ccc(C)cc2C(=O)C1=CNc1ccc(C(=O)O)c(O)c1. The Bertz CT molecular complexity index is 934. The number of ether oxygens (including phenoxy) is 2. The predicted octanol–water partition coefficient (Wildman–Crippen LogP) is 3.33. The molecule has 1 heterocycles. The van der Waals surface area contributed by atoms with Gasteiger partial charge in [0.15, 0.2) is 5.78 Å². The Morgan fingerprint density at radius 3 is 2.74 bits per heavy atom. The summed E-state index contributed by atoms with van der Waals surface area (Å²) in [6, 6.07) is 9.37. The molecule has 1 aliphatic rings. The number of Topliss-reactive ketones (excluding diaryl/α,β-unsaturated/α-hetero) is 1. The number of nitrogens with one attached hydrogen (secondary N) is 1. The fourth-order valence-electron chi connectivity index (χ4n) is 2.74. The minimum absolute atomic E-state index is 0.207. The third-order valence-electron chi connectivity index (χ3n) is 4.07. The van der Waals surface area contributed by atoms with Crippen LogP contribution >= 0.6 is 0 Å². The van der Waals surface area contributed by atoms with E-state index in [4.69, 9.17) is 14.6 Å². The average molecular weight is 369 g/mol. The monoisotopic (exact) mass is 369 g/mol. The summed E-state index contributed by atoms with van der Waals surface area (Å²) in [6.07, 6.45) is 0.584. The summed E-state index contributed by atoms with van der Waals surface area (Å²) in [5, 5.41) is 21.6. The first kappa shape index (κ1) is 18.5. The lowest BCUT2D eigenvalue weighted by molar-refractivity contribution is -0.0509. The molecule has 2 aromatic carbocycles. The van der Waals surface area contributed by atoms with Crippen LogP contribution in [-0.2, 0) is 4.74 Å². The Morgan fingerprint density at radius 2 is 2.07 bits per heavy atom. The number of carbonyl (C=O) groups excluding carboxylic acids is 1. The Hall–Kier alpha value is -3.32. The van der Waals surface area contributed by atoms with E-state index in [0.717, 1.165) is 5.56 Å². The first-order valence-electron chi connectivity index (χ1n) is 8.37. The van der Waals surface area contributed by atoms with E-state index >= 15 is 0 Å². The molecule has 0 amide bonds. The second kappa shape index (κ2) is 7.51. The van der Waals surface area contributed by atoms with Crippen molar-refractivity contribution in [2.24, 2.45) is 0 Å². The van der Waals surface area contributed by atoms with Crippen molar-refractivity contribution in [2.75, 3.05) is 11.9 Å². The molecule has 0 spiro atoms. The third-order valence-corrected chi connectivity index (χ3v) is 4.07. The molecular weight excluding hydrogens is 350 g/mol. The van der Waals surface area contributed by atoms with Crippen molar-refractivity contribution >= 4 is 17.4 Å². The van der Waals surface area contributed by atoms with Crippen molar-refractivity contribution in [1.29, 1.82) is 0 Å². The summed E-state index contributed by atoms with van der Waals surface area (Å²) in [6.45, 7) is 4.04. The Balaban J connectivity index is 1.91. The molecule has 7 nitrogen and oxygen atoms in total. The van der Waals surface area contributed by atoms with Gasteiger partial charge >= 0.3 is 5.97 Å². The summed E-state index contributed by atoms with van der Waals surface area (Å²) >= 11 is 0. The van der Waals surface area contributed by atoms with Crippen LogP contribution in [0.4, 0.5) is 5.69 Å². The molecule has 7 heteroatoms. The van der Waals surface area contributed by atoms with E-state index in [-0.39, 0.29) is 22.7 Å². The van der Waals surface area contributed by atoms with Crippen LogP contribution < -0.4 is 10.1 Å². The Kier molecular flexibility index (Phi) is 5.14. The molecule has 0 aliphatic carbocycles. The van der Waals surface area contributed by atoms with Gasteiger partial charge in [-0.05, 0) is 38.1 Å². The van der Waals surface area contributed by atoms with Gasteiger partial charge in [-0.25, -0.2) is 4.79 Å². The van der Waals surface area contributed by atoms with E-state index in [9.17, 15) is 14.7 Å². The van der Waals surface area contributed by atoms with E-state index in [1.54, 1.807) is 19.1 Å². The van der Waals surface area contributed by atoms with Gasteiger partial charge < -0.3 is 25.0 Å². The maximum Gasteiger partial charge on any atom is 0.339 e. The van der Waals surface area contributed by atoms with Crippen molar-refractivity contribution in [1.82, 2.24) is 0 Å². The molecule has 1 atom stereocenters. The molecule has 0 saturated carbocycles. The predicted molar refractivity (Wildman–Crippen MR) is 98.3 cm³/mol. The van der Waals surface area contributed by atoms with Crippen LogP contribution in [0.5, 0.6) is 11.5 Å². The van der Waals surface area contributed by atoms with Gasteiger partial charge in [0.25, 0.3) is 0 Å². The molecule has 27 heavy (non-hydrogen) atoms. The number of aromatic hydroxyl groups is 1. The zero-order valence-electron chi connectivity index (χ0n) is 14.9. The van der Waals surface area contributed by atoms with Crippen LogP contribution in [-0.4, -0.2) is 34.9 Å². The van der Waals surface area contributed by atoms with Crippen molar-refractivity contribution in [3.05, 3.63) is 64.9 Å². The molecule has 3 N–H and O–H groups in total. The van der Waals surface area contributed by atoms with Gasteiger partial charge in [0.2, 0.25) is 6.29 Å². The number of carboxylic acids is 1. The Morgan fingerprint density at radius 1 is 1.30 bits per heavy atom. The number of anilines is 1. The zero-order valence-corrected chi connectivity index (χ0v) is 14.9. The van der Waals surface area contributed by atoms with Crippen molar-refractivity contribution in [3.8, 4) is 11.5 Å². The lowest BCUT2D eigenvalue weighted by atomic mass is 9.98. The summed E-state index contributed by atoms with van der Waals surface area (Å²) in [7, 11) is 0. The van der Waals surface area contributed by atoms with E-state index in [2.05, 4.69) is 5.32 Å². The molecule has 0 fully saturated rings. The first-order chi connectivity index (χ1) is 12.9. The summed E-state index contributed by atoms with van der Waals surface area (Å²) in [4.78, 5) is 23.9. The fraction of sp³-hybridized carbons (Fsp3) is 0.200. The quantitative estimate of drug-likeness (QED) is 0.694. The molecular formula is C20H19NO6. The fourth-order valence-corrected chi connectivity index (χ4v) is 2.74. The van der Waals surface area contributed by atoms with Gasteiger partial charge in [0.1, 0.15) is 17.1 Å². The molecule has 1 aliphatic heterocycles. The maximum atomic E-state index is 12.9. The maximum absolute atomic E-state index is 12.9. The van der Waals surface area contributed by atoms with Crippen molar-refractivity contribution in [2.45, 2.75) is 20.1 Å². The largest absolute Gasteiger partial charge is 0.507 e. The minimum atomic E-state index is -1.23. The van der Waals surface area contributed by atoms with Crippen LogP contribution in [0.2, 0.25) is 0 Å². The lowest BCUT2D eigenvalue weighted by Gasteiger charge is -2.27. The van der Waals surface area contributed by atoms with Gasteiger partial charge in [0.05, 0.1) is 11.1 Å². The minimum Gasteiger partial charge on any atom is -0.507 e. The molecule has 0 aromatic heterocycles. The highest BCUT2D eigenvalue weighted by molar-refractivity contribution is 6.12. The average Bonchev–Trinajstić information content (AvgIpc) is 2.62. The van der Waals surface area contributed by atoms with Crippen LogP contribution in [0, 0.1) is 6.92 Å². The number of fused-ring (bicyclic) bond motifs is 1. The number of phenols is 1. The van der Waals surface area contributed by atoms with E-state index < -0.39 is 12.3 Å². The third kappa shape index (κ3) is 3.78. The second-order valence-corrected chi connectivity index (χ2v) is 6.01. The second-order valence-electron chi connectivity index (χ2n) is 6.01. The molecule has 1 unspecified atom stereocenters. The van der Waals surface area contributed by atoms with Crippen molar-refractivity contribution < 1.29 is 29.3 Å². The first-order valence-corrected chi connectivity index (χ1v) is 8.37. The smallest absolute Gasteiger partial charge is 0.339 e. The van der Waals surface area contributed by atoms with Crippen LogP contribution in [0.25, 0.3) is 0 Å². The van der Waals surface area contributed by atoms with E-state index in [1.165, 1.54) is 24.4 Å². The molecule has 3 rings (SSSR count). The number of benzene rings is 2. The molecule has 2 aromatic rings. The number of carbonyl (C=O) groups is 2. The van der Waals surface area contributed by atoms with Gasteiger partial charge in [-0.1, -0.05) is 11.6 Å². The topological polar surface area (TPSA) is 105 Å². The normalized spacial score (nSPS) is 17.3. The highest BCUT2D eigenvalue weighted by Gasteiger charge is 2.32. The van der Waals surface area contributed by atoms with Crippen LogP contribution in [0.15, 0.2) is 48.2 Å². The number of ketones is 1. The summed E-state index contributed by atoms with van der Waals surface area (Å²) < 4.78 is 11.3. The highest BCUT2D eigenvalue weighted by Crippen LogP contribution is 2.32. The summed E-state index contributed by atoms with van der Waals surface area (Å²) in [5.41, 5.74) is 1.87. The molecule has 140 valence electrons. The van der Waals surface area contributed by atoms with Gasteiger partial charge in [-0.2, -0.15) is 0 Å². The number of hydrogen-bond donors (Lipinski definition) is 3. The number of hydrogen-bond acceptors (Lipinski definition) is 6. The Labute approximate surface area is 155 Å². The van der Waals surface area contributed by atoms with Crippen LogP contribution in [0.1, 0.15) is 33.2 Å².